The van der Waals surface area contributed by atoms with Crippen molar-refractivity contribution in [1.29, 1.82) is 0 Å². The van der Waals surface area contributed by atoms with Crippen molar-refractivity contribution in [1.82, 2.24) is 0 Å². The van der Waals surface area contributed by atoms with Crippen LogP contribution in [0.25, 0.3) is 0 Å². The monoisotopic (exact) mass is 436 g/mol. The van der Waals surface area contributed by atoms with Crippen molar-refractivity contribution in [3.05, 3.63) is 155 Å². The molecule has 0 aromatic heterocycles. The molecule has 0 N–H and O–H groups in total. The second-order valence-electron chi connectivity index (χ2n) is 7.95. The molecule has 2 aliphatic rings. The van der Waals surface area contributed by atoms with Crippen LogP contribution in [0, 0.1) is 0 Å². The number of hydrogen-bond donors (Lipinski definition) is 0. The maximum absolute atomic E-state index is 4.93. The van der Waals surface area contributed by atoms with Crippen LogP contribution in [0.1, 0.15) is 22.3 Å². The Hall–Kier alpha value is -4.70. The van der Waals surface area contributed by atoms with E-state index in [9.17, 15) is 0 Å². The van der Waals surface area contributed by atoms with E-state index in [1.165, 1.54) is 0 Å². The van der Waals surface area contributed by atoms with Gasteiger partial charge in [0.05, 0.1) is 22.8 Å². The molecule has 4 nitrogen and oxygen atoms in total. The molecule has 0 unspecified atom stereocenters. The number of benzene rings is 4. The van der Waals surface area contributed by atoms with Gasteiger partial charge in [-0.15, -0.1) is 0 Å². The number of hydrogen-bond acceptors (Lipinski definition) is 4. The van der Waals surface area contributed by atoms with E-state index in [1.54, 1.807) is 0 Å². The van der Waals surface area contributed by atoms with E-state index in [0.29, 0.717) is 11.6 Å². The van der Waals surface area contributed by atoms with E-state index in [1.807, 2.05) is 72.8 Å². The van der Waals surface area contributed by atoms with Crippen molar-refractivity contribution in [2.24, 2.45) is 20.0 Å². The minimum atomic E-state index is 0.525. The van der Waals surface area contributed by atoms with E-state index in [2.05, 4.69) is 48.5 Å². The molecule has 0 saturated heterocycles. The van der Waals surface area contributed by atoms with Gasteiger partial charge in [-0.25, -0.2) is 20.0 Å². The number of aliphatic imine (C=N–C) groups is 4. The van der Waals surface area contributed by atoms with Gasteiger partial charge in [0.25, 0.3) is 0 Å². The fraction of sp³-hybridized carbons (Fsp3) is 0. The number of rotatable bonds is 4. The van der Waals surface area contributed by atoms with Crippen LogP contribution in [-0.2, 0) is 0 Å². The summed E-state index contributed by atoms with van der Waals surface area (Å²) in [5.41, 5.74) is 7.36. The summed E-state index contributed by atoms with van der Waals surface area (Å²) in [4.78, 5) is 19.7. The zero-order chi connectivity index (χ0) is 22.7. The molecular formula is C30H20N4. The van der Waals surface area contributed by atoms with Crippen LogP contribution in [0.4, 0.5) is 0 Å². The van der Waals surface area contributed by atoms with E-state index < -0.39 is 0 Å². The molecule has 0 atom stereocenters. The SMILES string of the molecule is c1ccc(C2=NC(=C3N=C(c4ccccc4)C(c4ccccc4)=N3)N=C2c2ccccc2)cc1. The first-order chi connectivity index (χ1) is 16.9. The predicted molar refractivity (Wildman–Crippen MR) is 139 cm³/mol. The molecule has 4 aromatic carbocycles. The largest absolute Gasteiger partial charge is 0.223 e. The summed E-state index contributed by atoms with van der Waals surface area (Å²) >= 11 is 0. The van der Waals surface area contributed by atoms with Gasteiger partial charge in [-0.3, -0.25) is 0 Å². The normalized spacial score (nSPS) is 15.1. The second-order valence-corrected chi connectivity index (χ2v) is 7.95. The minimum absolute atomic E-state index is 0.525. The van der Waals surface area contributed by atoms with Crippen LogP contribution in [0.5, 0.6) is 0 Å². The average Bonchev–Trinajstić information content (AvgIpc) is 3.56. The standard InChI is InChI=1S/C30H20N4/c1-5-13-21(14-6-1)25-26(22-15-7-2-8-16-22)32-29(31-25)30-33-27(23-17-9-3-10-18-23)28(34-30)24-19-11-4-12-20-24/h1-20H. The van der Waals surface area contributed by atoms with Gasteiger partial charge in [-0.1, -0.05) is 121 Å². The first kappa shape index (κ1) is 19.9. The maximum Gasteiger partial charge on any atom is 0.199 e. The van der Waals surface area contributed by atoms with Gasteiger partial charge in [0, 0.05) is 22.3 Å². The zero-order valence-corrected chi connectivity index (χ0v) is 18.3. The molecule has 0 fully saturated rings. The molecule has 6 rings (SSSR count). The molecule has 2 aliphatic heterocycles. The lowest BCUT2D eigenvalue weighted by atomic mass is 10.0. The van der Waals surface area contributed by atoms with Crippen LogP contribution >= 0.6 is 0 Å². The average molecular weight is 437 g/mol. The van der Waals surface area contributed by atoms with E-state index >= 15 is 0 Å². The lowest BCUT2D eigenvalue weighted by Crippen LogP contribution is -2.13. The van der Waals surface area contributed by atoms with E-state index in [-0.39, 0.29) is 0 Å². The highest BCUT2D eigenvalue weighted by Gasteiger charge is 2.27. The molecule has 0 aliphatic carbocycles. The summed E-state index contributed by atoms with van der Waals surface area (Å²) < 4.78 is 0. The first-order valence-electron chi connectivity index (χ1n) is 11.2. The molecule has 2 heterocycles. The quantitative estimate of drug-likeness (QED) is 0.371. The van der Waals surface area contributed by atoms with Crippen molar-refractivity contribution >= 4 is 22.8 Å². The molecule has 34 heavy (non-hydrogen) atoms. The molecule has 0 saturated carbocycles. The van der Waals surface area contributed by atoms with Crippen LogP contribution in [-0.4, -0.2) is 22.8 Å². The molecule has 4 heteroatoms. The zero-order valence-electron chi connectivity index (χ0n) is 18.3. The summed E-state index contributed by atoms with van der Waals surface area (Å²) in [6.45, 7) is 0. The molecule has 160 valence electrons. The predicted octanol–water partition coefficient (Wildman–Crippen LogP) is 6.10. The molecule has 0 bridgehead atoms. The van der Waals surface area contributed by atoms with E-state index in [0.717, 1.165) is 45.1 Å². The Morgan fingerprint density at radius 3 is 0.676 bits per heavy atom. The third kappa shape index (κ3) is 3.71. The van der Waals surface area contributed by atoms with Gasteiger partial charge in [0.15, 0.2) is 11.6 Å². The van der Waals surface area contributed by atoms with Gasteiger partial charge < -0.3 is 0 Å². The summed E-state index contributed by atoms with van der Waals surface area (Å²) in [6.07, 6.45) is 0. The lowest BCUT2D eigenvalue weighted by Gasteiger charge is -2.04. The molecule has 0 radical (unpaired) electrons. The highest BCUT2D eigenvalue weighted by molar-refractivity contribution is 6.56. The van der Waals surface area contributed by atoms with Gasteiger partial charge in [0.2, 0.25) is 0 Å². The van der Waals surface area contributed by atoms with Crippen LogP contribution < -0.4 is 0 Å². The Morgan fingerprint density at radius 2 is 0.471 bits per heavy atom. The van der Waals surface area contributed by atoms with Crippen molar-refractivity contribution in [3.8, 4) is 0 Å². The van der Waals surface area contributed by atoms with Crippen LogP contribution in [0.2, 0.25) is 0 Å². The van der Waals surface area contributed by atoms with E-state index in [4.69, 9.17) is 20.0 Å². The van der Waals surface area contributed by atoms with Crippen molar-refractivity contribution in [2.75, 3.05) is 0 Å². The van der Waals surface area contributed by atoms with Crippen LogP contribution in [0.15, 0.2) is 153 Å². The summed E-state index contributed by atoms with van der Waals surface area (Å²) in [6, 6.07) is 40.5. The van der Waals surface area contributed by atoms with Gasteiger partial charge in [-0.05, 0) is 0 Å². The third-order valence-electron chi connectivity index (χ3n) is 5.71. The second kappa shape index (κ2) is 8.68. The first-order valence-corrected chi connectivity index (χ1v) is 11.2. The van der Waals surface area contributed by atoms with Crippen molar-refractivity contribution < 1.29 is 0 Å². The van der Waals surface area contributed by atoms with Crippen molar-refractivity contribution in [3.63, 3.8) is 0 Å². The Bertz CT molecular complexity index is 1260. The Labute approximate surface area is 198 Å². The fourth-order valence-corrected chi connectivity index (χ4v) is 4.07. The van der Waals surface area contributed by atoms with Crippen molar-refractivity contribution in [2.45, 2.75) is 0 Å². The smallest absolute Gasteiger partial charge is 0.199 e. The number of nitrogens with zero attached hydrogens (tertiary/aromatic N) is 4. The van der Waals surface area contributed by atoms with Gasteiger partial charge in [0.1, 0.15) is 0 Å². The molecule has 4 aromatic rings. The fourth-order valence-electron chi connectivity index (χ4n) is 4.07. The lowest BCUT2D eigenvalue weighted by molar-refractivity contribution is 1.12. The summed E-state index contributed by atoms with van der Waals surface area (Å²) in [7, 11) is 0. The van der Waals surface area contributed by atoms with Gasteiger partial charge in [-0.2, -0.15) is 0 Å². The summed E-state index contributed by atoms with van der Waals surface area (Å²) in [5, 5.41) is 0. The molecular weight excluding hydrogens is 416 g/mol. The minimum Gasteiger partial charge on any atom is -0.223 e. The Kier molecular flexibility index (Phi) is 5.09. The Morgan fingerprint density at radius 1 is 0.265 bits per heavy atom. The Balaban J connectivity index is 1.55. The van der Waals surface area contributed by atoms with Crippen LogP contribution in [0.3, 0.4) is 0 Å². The summed E-state index contributed by atoms with van der Waals surface area (Å²) in [5.74, 6) is 1.05. The molecule has 0 amide bonds. The maximum atomic E-state index is 4.93. The van der Waals surface area contributed by atoms with Gasteiger partial charge >= 0.3 is 0 Å². The highest BCUT2D eigenvalue weighted by atomic mass is 15.1. The molecule has 0 spiro atoms. The third-order valence-corrected chi connectivity index (χ3v) is 5.71. The topological polar surface area (TPSA) is 49.4 Å². The highest BCUT2D eigenvalue weighted by Crippen LogP contribution is 2.28.